The Bertz CT molecular complexity index is 418. The van der Waals surface area contributed by atoms with Gasteiger partial charge in [-0.25, -0.2) is 0 Å². The third-order valence-corrected chi connectivity index (χ3v) is 4.44. The number of carbonyl (C=O) groups excluding carboxylic acids is 1. The average molecular weight is 257 g/mol. The van der Waals surface area contributed by atoms with Crippen LogP contribution in [0.3, 0.4) is 0 Å². The third kappa shape index (κ3) is 3.37. The van der Waals surface area contributed by atoms with Crippen molar-refractivity contribution >= 4 is 5.91 Å². The van der Waals surface area contributed by atoms with Crippen LogP contribution in [0.15, 0.2) is 30.3 Å². The molecule has 102 valence electrons. The molecular weight excluding hydrogens is 234 g/mol. The normalized spacial score (nSPS) is 19.6. The minimum Gasteiger partial charge on any atom is -0.335 e. The van der Waals surface area contributed by atoms with E-state index in [0.717, 1.165) is 13.0 Å². The van der Waals surface area contributed by atoms with E-state index in [9.17, 15) is 4.79 Å². The number of amides is 1. The Morgan fingerprint density at radius 3 is 2.37 bits per heavy atom. The molecule has 0 atom stereocenters. The fourth-order valence-corrected chi connectivity index (χ4v) is 3.17. The van der Waals surface area contributed by atoms with E-state index >= 15 is 0 Å². The molecule has 0 unspecified atom stereocenters. The monoisotopic (exact) mass is 257 g/mol. The first-order chi connectivity index (χ1) is 9.33. The van der Waals surface area contributed by atoms with Gasteiger partial charge in [-0.15, -0.1) is 0 Å². The van der Waals surface area contributed by atoms with E-state index in [2.05, 4.69) is 29.2 Å². The van der Waals surface area contributed by atoms with Crippen LogP contribution in [-0.2, 0) is 11.3 Å². The van der Waals surface area contributed by atoms with E-state index in [4.69, 9.17) is 0 Å². The second kappa shape index (κ2) is 5.77. The zero-order chi connectivity index (χ0) is 13.1. The molecule has 2 nitrogen and oxygen atoms in total. The third-order valence-electron chi connectivity index (χ3n) is 4.44. The van der Waals surface area contributed by atoms with Crippen molar-refractivity contribution in [2.45, 2.75) is 57.5 Å². The molecule has 2 fully saturated rings. The summed E-state index contributed by atoms with van der Waals surface area (Å²) in [5.41, 5.74) is 1.26. The molecular formula is C17H23NO. The summed E-state index contributed by atoms with van der Waals surface area (Å²) in [6, 6.07) is 10.9. The molecule has 2 aliphatic carbocycles. The Morgan fingerprint density at radius 1 is 1.05 bits per heavy atom. The van der Waals surface area contributed by atoms with Crippen LogP contribution in [0.1, 0.15) is 50.5 Å². The lowest BCUT2D eigenvalue weighted by Gasteiger charge is -2.24. The van der Waals surface area contributed by atoms with Crippen LogP contribution in [0.2, 0.25) is 0 Å². The first kappa shape index (κ1) is 12.7. The molecule has 0 saturated heterocycles. The Hall–Kier alpha value is -1.31. The summed E-state index contributed by atoms with van der Waals surface area (Å²) in [5.74, 6) is 1.04. The molecule has 0 bridgehead atoms. The van der Waals surface area contributed by atoms with Crippen molar-refractivity contribution in [3.05, 3.63) is 35.9 Å². The maximum atomic E-state index is 12.5. The summed E-state index contributed by atoms with van der Waals surface area (Å²) in [6.45, 7) is 0.803. The summed E-state index contributed by atoms with van der Waals surface area (Å²) in [7, 11) is 0. The number of hydrogen-bond acceptors (Lipinski definition) is 1. The highest BCUT2D eigenvalue weighted by Gasteiger charge is 2.33. The molecule has 0 aromatic heterocycles. The number of carbonyl (C=O) groups is 1. The maximum Gasteiger partial charge on any atom is 0.223 e. The Kier molecular flexibility index (Phi) is 3.86. The molecule has 0 N–H and O–H groups in total. The Morgan fingerprint density at radius 2 is 1.74 bits per heavy atom. The molecule has 0 aliphatic heterocycles. The lowest BCUT2D eigenvalue weighted by atomic mass is 10.0. The molecule has 2 saturated carbocycles. The van der Waals surface area contributed by atoms with E-state index < -0.39 is 0 Å². The molecule has 0 radical (unpaired) electrons. The molecule has 1 amide bonds. The molecule has 1 aromatic carbocycles. The van der Waals surface area contributed by atoms with Gasteiger partial charge in [-0.2, -0.15) is 0 Å². The molecule has 1 aromatic rings. The van der Waals surface area contributed by atoms with E-state index in [1.165, 1.54) is 44.1 Å². The fraction of sp³-hybridized carbons (Fsp3) is 0.588. The number of nitrogens with zero attached hydrogens (tertiary/aromatic N) is 1. The summed E-state index contributed by atoms with van der Waals surface area (Å²) >= 11 is 0. The zero-order valence-electron chi connectivity index (χ0n) is 11.6. The standard InChI is InChI=1S/C17H23NO/c19-17(12-14-6-4-5-7-14)18(16-10-11-16)13-15-8-2-1-3-9-15/h1-3,8-9,14,16H,4-7,10-13H2. The number of benzene rings is 1. The van der Waals surface area contributed by atoms with Gasteiger partial charge in [0.2, 0.25) is 5.91 Å². The minimum absolute atomic E-state index is 0.387. The van der Waals surface area contributed by atoms with Gasteiger partial charge >= 0.3 is 0 Å². The van der Waals surface area contributed by atoms with E-state index in [-0.39, 0.29) is 0 Å². The highest BCUT2D eigenvalue weighted by molar-refractivity contribution is 5.77. The van der Waals surface area contributed by atoms with Crippen molar-refractivity contribution in [1.82, 2.24) is 4.90 Å². The van der Waals surface area contributed by atoms with Crippen LogP contribution in [0.5, 0.6) is 0 Å². The van der Waals surface area contributed by atoms with Crippen LogP contribution in [0, 0.1) is 5.92 Å². The van der Waals surface area contributed by atoms with Gasteiger partial charge in [0, 0.05) is 19.0 Å². The van der Waals surface area contributed by atoms with Gasteiger partial charge in [0.05, 0.1) is 0 Å². The van der Waals surface area contributed by atoms with E-state index in [1.807, 2.05) is 6.07 Å². The van der Waals surface area contributed by atoms with Crippen molar-refractivity contribution in [3.63, 3.8) is 0 Å². The SMILES string of the molecule is O=C(CC1CCCC1)N(Cc1ccccc1)C1CC1. The van der Waals surface area contributed by atoms with Crippen LogP contribution in [0.25, 0.3) is 0 Å². The van der Waals surface area contributed by atoms with Crippen LogP contribution in [-0.4, -0.2) is 16.8 Å². The van der Waals surface area contributed by atoms with Gasteiger partial charge < -0.3 is 4.90 Å². The second-order valence-corrected chi connectivity index (χ2v) is 6.09. The highest BCUT2D eigenvalue weighted by Crippen LogP contribution is 2.32. The van der Waals surface area contributed by atoms with E-state index in [0.29, 0.717) is 17.9 Å². The molecule has 3 rings (SSSR count). The Balaban J connectivity index is 1.61. The highest BCUT2D eigenvalue weighted by atomic mass is 16.2. The lowest BCUT2D eigenvalue weighted by molar-refractivity contribution is -0.133. The predicted octanol–water partition coefficient (Wildman–Crippen LogP) is 3.76. The predicted molar refractivity (Wildman–Crippen MR) is 76.6 cm³/mol. The van der Waals surface area contributed by atoms with Crippen LogP contribution < -0.4 is 0 Å². The molecule has 0 heterocycles. The number of hydrogen-bond donors (Lipinski definition) is 0. The van der Waals surface area contributed by atoms with Gasteiger partial charge in [-0.1, -0.05) is 43.2 Å². The molecule has 19 heavy (non-hydrogen) atoms. The van der Waals surface area contributed by atoms with E-state index in [1.54, 1.807) is 0 Å². The van der Waals surface area contributed by atoms with Gasteiger partial charge in [0.15, 0.2) is 0 Å². The van der Waals surface area contributed by atoms with Crippen LogP contribution in [0.4, 0.5) is 0 Å². The zero-order valence-corrected chi connectivity index (χ0v) is 11.6. The summed E-state index contributed by atoms with van der Waals surface area (Å²) in [4.78, 5) is 14.6. The van der Waals surface area contributed by atoms with Crippen molar-refractivity contribution in [1.29, 1.82) is 0 Å². The smallest absolute Gasteiger partial charge is 0.223 e. The van der Waals surface area contributed by atoms with Crippen LogP contribution >= 0.6 is 0 Å². The minimum atomic E-state index is 0.387. The maximum absolute atomic E-state index is 12.5. The molecule has 2 aliphatic rings. The van der Waals surface area contributed by atoms with Crippen molar-refractivity contribution in [2.24, 2.45) is 5.92 Å². The van der Waals surface area contributed by atoms with Crippen molar-refractivity contribution < 1.29 is 4.79 Å². The molecule has 0 spiro atoms. The van der Waals surface area contributed by atoms with Gasteiger partial charge in [0.25, 0.3) is 0 Å². The topological polar surface area (TPSA) is 20.3 Å². The van der Waals surface area contributed by atoms with Crippen molar-refractivity contribution in [3.8, 4) is 0 Å². The van der Waals surface area contributed by atoms with Gasteiger partial charge in [0.1, 0.15) is 0 Å². The first-order valence-corrected chi connectivity index (χ1v) is 7.66. The largest absolute Gasteiger partial charge is 0.335 e. The summed E-state index contributed by atoms with van der Waals surface area (Å²) in [5, 5.41) is 0. The van der Waals surface area contributed by atoms with Gasteiger partial charge in [-0.3, -0.25) is 4.79 Å². The second-order valence-electron chi connectivity index (χ2n) is 6.09. The summed E-state index contributed by atoms with van der Waals surface area (Å²) < 4.78 is 0. The summed E-state index contributed by atoms with van der Waals surface area (Å²) in [6.07, 6.45) is 8.33. The average Bonchev–Trinajstić information content (AvgIpc) is 3.15. The van der Waals surface area contributed by atoms with Crippen molar-refractivity contribution in [2.75, 3.05) is 0 Å². The van der Waals surface area contributed by atoms with Gasteiger partial charge in [-0.05, 0) is 37.2 Å². The fourth-order valence-electron chi connectivity index (χ4n) is 3.17. The number of rotatable bonds is 5. The first-order valence-electron chi connectivity index (χ1n) is 7.66. The molecule has 2 heteroatoms. The Labute approximate surface area is 115 Å². The quantitative estimate of drug-likeness (QED) is 0.786. The lowest BCUT2D eigenvalue weighted by Crippen LogP contribution is -2.33.